The normalized spacial score (nSPS) is 11.1. The molecule has 0 radical (unpaired) electrons. The van der Waals surface area contributed by atoms with Crippen LogP contribution in [0.25, 0.3) is 21.5 Å². The molecule has 0 aliphatic carbocycles. The molecular formula is C20H22O2. The molecule has 0 heterocycles. The third kappa shape index (κ3) is 3.40. The fraction of sp³-hybridized carbons (Fsp3) is 0.300. The average Bonchev–Trinajstić information content (AvgIpc) is 2.56. The topological polar surface area (TPSA) is 18.5 Å². The van der Waals surface area contributed by atoms with Crippen LogP contribution in [0.1, 0.15) is 19.8 Å². The van der Waals surface area contributed by atoms with Gasteiger partial charge in [-0.15, -0.1) is 0 Å². The summed E-state index contributed by atoms with van der Waals surface area (Å²) in [6.07, 6.45) is 2.28. The van der Waals surface area contributed by atoms with Gasteiger partial charge in [-0.2, -0.15) is 0 Å². The van der Waals surface area contributed by atoms with Crippen LogP contribution in [0.5, 0.6) is 5.75 Å². The first-order valence-electron chi connectivity index (χ1n) is 8.00. The second-order valence-corrected chi connectivity index (χ2v) is 5.49. The van der Waals surface area contributed by atoms with Crippen molar-refractivity contribution in [1.29, 1.82) is 0 Å². The van der Waals surface area contributed by atoms with Gasteiger partial charge in [-0.05, 0) is 40.8 Å². The molecule has 0 aliphatic rings. The van der Waals surface area contributed by atoms with E-state index in [0.29, 0.717) is 13.2 Å². The SMILES string of the molecule is CCCCOCCOc1cccc2cc3ccccc3cc12. The van der Waals surface area contributed by atoms with Gasteiger partial charge in [0.15, 0.2) is 0 Å². The number of hydrogen-bond acceptors (Lipinski definition) is 2. The van der Waals surface area contributed by atoms with Crippen molar-refractivity contribution in [3.05, 3.63) is 54.6 Å². The molecule has 0 unspecified atom stereocenters. The summed E-state index contributed by atoms with van der Waals surface area (Å²) in [4.78, 5) is 0. The minimum Gasteiger partial charge on any atom is -0.491 e. The van der Waals surface area contributed by atoms with Gasteiger partial charge in [0.05, 0.1) is 6.61 Å². The maximum absolute atomic E-state index is 5.92. The van der Waals surface area contributed by atoms with Crippen molar-refractivity contribution in [3.8, 4) is 5.75 Å². The van der Waals surface area contributed by atoms with E-state index in [0.717, 1.165) is 30.6 Å². The highest BCUT2D eigenvalue weighted by Crippen LogP contribution is 2.29. The average molecular weight is 294 g/mol. The Morgan fingerprint density at radius 3 is 2.36 bits per heavy atom. The van der Waals surface area contributed by atoms with Gasteiger partial charge in [0.1, 0.15) is 12.4 Å². The molecule has 0 aliphatic heterocycles. The van der Waals surface area contributed by atoms with Crippen LogP contribution in [-0.2, 0) is 4.74 Å². The molecule has 3 aromatic carbocycles. The van der Waals surface area contributed by atoms with Gasteiger partial charge in [0.25, 0.3) is 0 Å². The molecule has 0 amide bonds. The summed E-state index contributed by atoms with van der Waals surface area (Å²) in [6.45, 7) is 4.22. The van der Waals surface area contributed by atoms with E-state index in [4.69, 9.17) is 9.47 Å². The Bertz CT molecular complexity index is 749. The highest BCUT2D eigenvalue weighted by molar-refractivity contribution is 6.00. The van der Waals surface area contributed by atoms with Gasteiger partial charge in [-0.25, -0.2) is 0 Å². The second kappa shape index (κ2) is 7.28. The van der Waals surface area contributed by atoms with Crippen LogP contribution in [0.3, 0.4) is 0 Å². The van der Waals surface area contributed by atoms with Crippen LogP contribution in [0.4, 0.5) is 0 Å². The molecule has 2 heteroatoms. The standard InChI is InChI=1S/C20H22O2/c1-2-3-11-21-12-13-22-20-10-6-9-18-14-16-7-4-5-8-17(16)15-19(18)20/h4-10,14-15H,2-3,11-13H2,1H3. The Balaban J connectivity index is 1.76. The van der Waals surface area contributed by atoms with Crippen molar-refractivity contribution < 1.29 is 9.47 Å². The third-order valence-corrected chi connectivity index (χ3v) is 3.83. The summed E-state index contributed by atoms with van der Waals surface area (Å²) < 4.78 is 11.5. The first-order valence-corrected chi connectivity index (χ1v) is 8.00. The second-order valence-electron chi connectivity index (χ2n) is 5.49. The van der Waals surface area contributed by atoms with Crippen LogP contribution in [0, 0.1) is 0 Å². The molecule has 0 fully saturated rings. The molecular weight excluding hydrogens is 272 g/mol. The number of unbranched alkanes of at least 4 members (excludes halogenated alkanes) is 1. The van der Waals surface area contributed by atoms with E-state index < -0.39 is 0 Å². The molecule has 0 N–H and O–H groups in total. The number of hydrogen-bond donors (Lipinski definition) is 0. The van der Waals surface area contributed by atoms with Crippen LogP contribution >= 0.6 is 0 Å². The largest absolute Gasteiger partial charge is 0.491 e. The molecule has 0 saturated carbocycles. The van der Waals surface area contributed by atoms with Crippen molar-refractivity contribution in [3.63, 3.8) is 0 Å². The predicted molar refractivity (Wildman–Crippen MR) is 92.7 cm³/mol. The van der Waals surface area contributed by atoms with Crippen LogP contribution in [0.15, 0.2) is 54.6 Å². The highest BCUT2D eigenvalue weighted by atomic mass is 16.5. The van der Waals surface area contributed by atoms with E-state index in [9.17, 15) is 0 Å². The zero-order valence-corrected chi connectivity index (χ0v) is 13.0. The van der Waals surface area contributed by atoms with E-state index in [1.807, 2.05) is 12.1 Å². The predicted octanol–water partition coefficient (Wildman–Crippen LogP) is 5.19. The van der Waals surface area contributed by atoms with Crippen molar-refractivity contribution in [1.82, 2.24) is 0 Å². The minimum atomic E-state index is 0.593. The van der Waals surface area contributed by atoms with Gasteiger partial charge < -0.3 is 9.47 Å². The summed E-state index contributed by atoms with van der Waals surface area (Å²) in [5.41, 5.74) is 0. The van der Waals surface area contributed by atoms with Crippen LogP contribution in [0.2, 0.25) is 0 Å². The molecule has 114 valence electrons. The first kappa shape index (κ1) is 14.9. The van der Waals surface area contributed by atoms with Crippen LogP contribution < -0.4 is 4.74 Å². The molecule has 3 rings (SSSR count). The fourth-order valence-electron chi connectivity index (χ4n) is 2.62. The highest BCUT2D eigenvalue weighted by Gasteiger charge is 2.04. The Hall–Kier alpha value is -2.06. The van der Waals surface area contributed by atoms with E-state index in [2.05, 4.69) is 49.4 Å². The van der Waals surface area contributed by atoms with Crippen molar-refractivity contribution in [2.75, 3.05) is 19.8 Å². The molecule has 3 aromatic rings. The molecule has 0 aromatic heterocycles. The molecule has 0 spiro atoms. The minimum absolute atomic E-state index is 0.593. The molecule has 2 nitrogen and oxygen atoms in total. The van der Waals surface area contributed by atoms with Crippen molar-refractivity contribution >= 4 is 21.5 Å². The lowest BCUT2D eigenvalue weighted by molar-refractivity contribution is 0.0985. The third-order valence-electron chi connectivity index (χ3n) is 3.83. The quantitative estimate of drug-likeness (QED) is 0.441. The summed E-state index contributed by atoms with van der Waals surface area (Å²) in [7, 11) is 0. The Kier molecular flexibility index (Phi) is 4.92. The van der Waals surface area contributed by atoms with E-state index in [-0.39, 0.29) is 0 Å². The summed E-state index contributed by atoms with van der Waals surface area (Å²) in [5, 5.41) is 4.87. The fourth-order valence-corrected chi connectivity index (χ4v) is 2.62. The van der Waals surface area contributed by atoms with Gasteiger partial charge in [0.2, 0.25) is 0 Å². The number of benzene rings is 3. The van der Waals surface area contributed by atoms with Gasteiger partial charge in [-0.1, -0.05) is 49.7 Å². The Morgan fingerprint density at radius 1 is 0.773 bits per heavy atom. The maximum Gasteiger partial charge on any atom is 0.127 e. The smallest absolute Gasteiger partial charge is 0.127 e. The van der Waals surface area contributed by atoms with Crippen molar-refractivity contribution in [2.45, 2.75) is 19.8 Å². The van der Waals surface area contributed by atoms with E-state index >= 15 is 0 Å². The molecule has 0 bridgehead atoms. The number of rotatable bonds is 7. The zero-order chi connectivity index (χ0) is 15.2. The summed E-state index contributed by atoms with van der Waals surface area (Å²) in [6, 6.07) is 19.1. The zero-order valence-electron chi connectivity index (χ0n) is 13.0. The molecule has 22 heavy (non-hydrogen) atoms. The van der Waals surface area contributed by atoms with E-state index in [1.165, 1.54) is 16.2 Å². The van der Waals surface area contributed by atoms with E-state index in [1.54, 1.807) is 0 Å². The number of fused-ring (bicyclic) bond motifs is 2. The van der Waals surface area contributed by atoms with Gasteiger partial charge in [0, 0.05) is 12.0 Å². The lowest BCUT2D eigenvalue weighted by Gasteiger charge is -2.11. The lowest BCUT2D eigenvalue weighted by atomic mass is 10.0. The molecule has 0 atom stereocenters. The summed E-state index contributed by atoms with van der Waals surface area (Å²) >= 11 is 0. The van der Waals surface area contributed by atoms with Gasteiger partial charge in [-0.3, -0.25) is 0 Å². The Labute approximate surface area is 131 Å². The van der Waals surface area contributed by atoms with Crippen molar-refractivity contribution in [2.24, 2.45) is 0 Å². The van der Waals surface area contributed by atoms with Crippen LogP contribution in [-0.4, -0.2) is 19.8 Å². The monoisotopic (exact) mass is 294 g/mol. The Morgan fingerprint density at radius 2 is 1.55 bits per heavy atom. The maximum atomic E-state index is 5.92. The lowest BCUT2D eigenvalue weighted by Crippen LogP contribution is -2.07. The number of ether oxygens (including phenoxy) is 2. The molecule has 0 saturated heterocycles. The first-order chi connectivity index (χ1) is 10.9. The summed E-state index contributed by atoms with van der Waals surface area (Å²) in [5.74, 6) is 0.933. The van der Waals surface area contributed by atoms with Gasteiger partial charge >= 0.3 is 0 Å².